The Kier molecular flexibility index (Phi) is 9.22. The highest BCUT2D eigenvalue weighted by molar-refractivity contribution is 6.28. The third-order valence-electron chi connectivity index (χ3n) is 10.4. The molecular formula is C52H32F4N2O2. The molecule has 0 fully saturated rings. The van der Waals surface area contributed by atoms with Crippen molar-refractivity contribution >= 4 is 66.4 Å². The maximum Gasteiger partial charge on any atom is 0.133 e. The van der Waals surface area contributed by atoms with Gasteiger partial charge in [0.2, 0.25) is 0 Å². The van der Waals surface area contributed by atoms with Crippen molar-refractivity contribution in [2.75, 3.05) is 9.80 Å². The van der Waals surface area contributed by atoms with E-state index >= 15 is 0 Å². The van der Waals surface area contributed by atoms with Crippen molar-refractivity contribution in [3.8, 4) is 23.0 Å². The number of halogens is 4. The molecule has 0 radical (unpaired) electrons. The van der Waals surface area contributed by atoms with Crippen molar-refractivity contribution in [1.82, 2.24) is 0 Å². The Labute approximate surface area is 342 Å². The summed E-state index contributed by atoms with van der Waals surface area (Å²) in [6, 6.07) is 58.1. The number of ether oxygens (including phenoxy) is 2. The summed E-state index contributed by atoms with van der Waals surface area (Å²) in [5.74, 6) is -1.96. The van der Waals surface area contributed by atoms with Gasteiger partial charge in [-0.25, -0.2) is 17.6 Å². The van der Waals surface area contributed by atoms with Crippen LogP contribution in [0.3, 0.4) is 0 Å². The summed E-state index contributed by atoms with van der Waals surface area (Å²) >= 11 is 0. The highest BCUT2D eigenvalue weighted by Gasteiger charge is 2.22. The average Bonchev–Trinajstić information content (AvgIpc) is 3.24. The second kappa shape index (κ2) is 15.2. The zero-order valence-electron chi connectivity index (χ0n) is 31.7. The first-order valence-corrected chi connectivity index (χ1v) is 19.2. The standard InChI is InChI=1S/C52H32F4N2O2/c53-35-25-36(54)28-45(27-35)59-43-15-7-13-41(31-43)57(39-9-3-1-4-10-39)49-23-19-33-18-22-48-50(24-20-34-17-21-47(49)51(33)52(34)48)58(40-11-5-2-6-12-40)42-14-8-16-44(32-42)60-46-29-37(55)26-38(56)30-46/h1-32H. The molecular weight excluding hydrogens is 761 g/mol. The van der Waals surface area contributed by atoms with Gasteiger partial charge in [-0.05, 0) is 82.2 Å². The smallest absolute Gasteiger partial charge is 0.133 e. The SMILES string of the molecule is Fc1cc(F)cc(Oc2cccc(N(c3ccccc3)c3ccc4ccc5c(N(c6ccccc6)c6cccc(Oc7cc(F)cc(F)c7)c6)ccc6ccc3c4c65)c2)c1. The summed E-state index contributed by atoms with van der Waals surface area (Å²) in [6.45, 7) is 0. The maximum absolute atomic E-state index is 14.1. The van der Waals surface area contributed by atoms with E-state index in [1.807, 2.05) is 97.1 Å². The average molecular weight is 793 g/mol. The zero-order valence-corrected chi connectivity index (χ0v) is 31.7. The van der Waals surface area contributed by atoms with Crippen molar-refractivity contribution in [2.24, 2.45) is 0 Å². The molecule has 8 heteroatoms. The van der Waals surface area contributed by atoms with Gasteiger partial charge in [0.25, 0.3) is 0 Å². The number of anilines is 6. The summed E-state index contributed by atoms with van der Waals surface area (Å²) in [7, 11) is 0. The van der Waals surface area contributed by atoms with Crippen molar-refractivity contribution in [3.05, 3.63) is 217 Å². The maximum atomic E-state index is 14.1. The topological polar surface area (TPSA) is 24.9 Å². The monoisotopic (exact) mass is 792 g/mol. The lowest BCUT2D eigenvalue weighted by Crippen LogP contribution is -2.11. The fraction of sp³-hybridized carbons (Fsp3) is 0. The van der Waals surface area contributed by atoms with Crippen LogP contribution in [-0.2, 0) is 0 Å². The van der Waals surface area contributed by atoms with E-state index in [0.29, 0.717) is 11.5 Å². The van der Waals surface area contributed by atoms with E-state index in [0.717, 1.165) is 103 Å². The van der Waals surface area contributed by atoms with Crippen LogP contribution in [-0.4, -0.2) is 0 Å². The molecule has 0 unspecified atom stereocenters. The van der Waals surface area contributed by atoms with Crippen molar-refractivity contribution < 1.29 is 27.0 Å². The largest absolute Gasteiger partial charge is 0.457 e. The highest BCUT2D eigenvalue weighted by Crippen LogP contribution is 2.48. The Morgan fingerprint density at radius 2 is 0.667 bits per heavy atom. The van der Waals surface area contributed by atoms with Crippen LogP contribution in [0.1, 0.15) is 0 Å². The number of hydrogen-bond donors (Lipinski definition) is 0. The van der Waals surface area contributed by atoms with E-state index in [2.05, 4.69) is 58.3 Å². The molecule has 0 saturated heterocycles. The molecule has 0 aliphatic rings. The first-order chi connectivity index (χ1) is 29.3. The quantitative estimate of drug-likeness (QED) is 0.102. The van der Waals surface area contributed by atoms with Gasteiger partial charge in [0.1, 0.15) is 46.3 Å². The van der Waals surface area contributed by atoms with E-state index in [1.165, 1.54) is 0 Å². The number of rotatable bonds is 10. The van der Waals surface area contributed by atoms with Crippen molar-refractivity contribution in [3.63, 3.8) is 0 Å². The molecule has 0 N–H and O–H groups in total. The van der Waals surface area contributed by atoms with Gasteiger partial charge in [0.15, 0.2) is 0 Å². The van der Waals surface area contributed by atoms with Gasteiger partial charge in [0, 0.05) is 82.1 Å². The molecule has 60 heavy (non-hydrogen) atoms. The second-order valence-corrected chi connectivity index (χ2v) is 14.3. The second-order valence-electron chi connectivity index (χ2n) is 14.3. The number of para-hydroxylation sites is 2. The Balaban J connectivity index is 1.13. The number of benzene rings is 10. The van der Waals surface area contributed by atoms with Crippen LogP contribution < -0.4 is 19.3 Å². The van der Waals surface area contributed by atoms with Gasteiger partial charge >= 0.3 is 0 Å². The van der Waals surface area contributed by atoms with Crippen molar-refractivity contribution in [2.45, 2.75) is 0 Å². The lowest BCUT2D eigenvalue weighted by Gasteiger charge is -2.29. The minimum absolute atomic E-state index is 0.0558. The van der Waals surface area contributed by atoms with Gasteiger partial charge in [-0.2, -0.15) is 0 Å². The van der Waals surface area contributed by atoms with E-state index in [1.54, 1.807) is 12.1 Å². The molecule has 0 amide bonds. The predicted octanol–water partition coefficient (Wildman–Crippen LogP) is 15.7. The first kappa shape index (κ1) is 36.5. The lowest BCUT2D eigenvalue weighted by molar-refractivity contribution is 0.468. The van der Waals surface area contributed by atoms with Crippen LogP contribution in [0.15, 0.2) is 194 Å². The molecule has 0 aromatic heterocycles. The van der Waals surface area contributed by atoms with Crippen LogP contribution >= 0.6 is 0 Å². The Morgan fingerprint density at radius 3 is 1.07 bits per heavy atom. The zero-order chi connectivity index (χ0) is 40.7. The molecule has 0 aliphatic heterocycles. The minimum Gasteiger partial charge on any atom is -0.457 e. The summed E-state index contributed by atoms with van der Waals surface area (Å²) < 4.78 is 68.4. The van der Waals surface area contributed by atoms with Gasteiger partial charge in [0.05, 0.1) is 11.4 Å². The molecule has 0 atom stereocenters. The molecule has 0 saturated carbocycles. The molecule has 10 aromatic rings. The summed E-state index contributed by atoms with van der Waals surface area (Å²) in [6.07, 6.45) is 0. The molecule has 290 valence electrons. The third-order valence-corrected chi connectivity index (χ3v) is 10.4. The van der Waals surface area contributed by atoms with Gasteiger partial charge in [-0.1, -0.05) is 84.9 Å². The Hall–Kier alpha value is -7.84. The molecule has 10 aromatic carbocycles. The van der Waals surface area contributed by atoms with E-state index in [9.17, 15) is 17.6 Å². The van der Waals surface area contributed by atoms with Crippen LogP contribution in [0.5, 0.6) is 23.0 Å². The van der Waals surface area contributed by atoms with E-state index in [4.69, 9.17) is 9.47 Å². The first-order valence-electron chi connectivity index (χ1n) is 19.2. The Morgan fingerprint density at radius 1 is 0.300 bits per heavy atom. The van der Waals surface area contributed by atoms with Crippen LogP contribution in [0.25, 0.3) is 32.3 Å². The fourth-order valence-electron chi connectivity index (χ4n) is 7.99. The molecule has 0 bridgehead atoms. The predicted molar refractivity (Wildman–Crippen MR) is 232 cm³/mol. The normalized spacial score (nSPS) is 11.3. The molecule has 10 rings (SSSR count). The van der Waals surface area contributed by atoms with Gasteiger partial charge < -0.3 is 19.3 Å². The molecule has 0 spiro atoms. The number of nitrogens with zero attached hydrogens (tertiary/aromatic N) is 2. The van der Waals surface area contributed by atoms with Crippen molar-refractivity contribution in [1.29, 1.82) is 0 Å². The number of hydrogen-bond acceptors (Lipinski definition) is 4. The summed E-state index contributed by atoms with van der Waals surface area (Å²) in [5.41, 5.74) is 5.21. The van der Waals surface area contributed by atoms with Crippen LogP contribution in [0.4, 0.5) is 51.7 Å². The fourth-order valence-corrected chi connectivity index (χ4v) is 7.99. The van der Waals surface area contributed by atoms with Gasteiger partial charge in [-0.3, -0.25) is 0 Å². The van der Waals surface area contributed by atoms with Crippen LogP contribution in [0, 0.1) is 23.3 Å². The molecule has 4 nitrogen and oxygen atoms in total. The lowest BCUT2D eigenvalue weighted by atomic mass is 9.91. The van der Waals surface area contributed by atoms with E-state index < -0.39 is 23.3 Å². The highest BCUT2D eigenvalue weighted by atomic mass is 19.1. The minimum atomic E-state index is -0.725. The van der Waals surface area contributed by atoms with E-state index in [-0.39, 0.29) is 11.5 Å². The molecule has 0 aliphatic carbocycles. The third kappa shape index (κ3) is 6.94. The Bertz CT molecular complexity index is 2920. The summed E-state index contributed by atoms with van der Waals surface area (Å²) in [5, 5.41) is 6.29. The summed E-state index contributed by atoms with van der Waals surface area (Å²) in [4.78, 5) is 4.30. The molecule has 0 heterocycles. The van der Waals surface area contributed by atoms with Crippen LogP contribution in [0.2, 0.25) is 0 Å². The van der Waals surface area contributed by atoms with Gasteiger partial charge in [-0.15, -0.1) is 0 Å².